The number of nitrogens with zero attached hydrogens (tertiary/aromatic N) is 3. The highest BCUT2D eigenvalue weighted by Crippen LogP contribution is 2.56. The van der Waals surface area contributed by atoms with Gasteiger partial charge in [-0.2, -0.15) is 0 Å². The number of carbonyl (C=O) groups is 1. The van der Waals surface area contributed by atoms with Gasteiger partial charge in [0.15, 0.2) is 0 Å². The van der Waals surface area contributed by atoms with Crippen LogP contribution in [0.2, 0.25) is 0 Å². The quantitative estimate of drug-likeness (QED) is 0.810. The maximum Gasteiger partial charge on any atom is 0.257 e. The first kappa shape index (κ1) is 18.2. The van der Waals surface area contributed by atoms with Gasteiger partial charge in [0.25, 0.3) is 5.91 Å². The van der Waals surface area contributed by atoms with E-state index in [1.165, 1.54) is 50.1 Å². The third-order valence-corrected chi connectivity index (χ3v) is 7.43. The summed E-state index contributed by atoms with van der Waals surface area (Å²) < 4.78 is 0. The Bertz CT molecular complexity index is 886. The second kappa shape index (κ2) is 6.90. The molecule has 6 nitrogen and oxygen atoms in total. The van der Waals surface area contributed by atoms with E-state index in [0.29, 0.717) is 22.5 Å². The molecule has 2 heterocycles. The molecule has 1 aromatic carbocycles. The molecule has 1 aliphatic heterocycles. The number of hydrogen-bond donors (Lipinski definition) is 2. The molecule has 0 spiro atoms. The molecule has 2 aromatic rings. The molecule has 28 heavy (non-hydrogen) atoms. The first-order valence-corrected chi connectivity index (χ1v) is 11.1. The molecule has 2 atom stereocenters. The van der Waals surface area contributed by atoms with Crippen LogP contribution in [0.1, 0.15) is 53.0 Å². The molecule has 3 N–H and O–H groups in total. The Morgan fingerprint density at radius 1 is 1.25 bits per heavy atom. The van der Waals surface area contributed by atoms with Crippen molar-refractivity contribution in [2.45, 2.75) is 50.6 Å². The van der Waals surface area contributed by atoms with Gasteiger partial charge >= 0.3 is 0 Å². The first-order chi connectivity index (χ1) is 13.5. The average molecular weight is 398 g/mol. The fourth-order valence-electron chi connectivity index (χ4n) is 4.82. The number of benzene rings is 1. The predicted octanol–water partition coefficient (Wildman–Crippen LogP) is 3.15. The van der Waals surface area contributed by atoms with Crippen molar-refractivity contribution in [3.8, 4) is 0 Å². The van der Waals surface area contributed by atoms with Crippen molar-refractivity contribution in [2.75, 3.05) is 18.4 Å². The third kappa shape index (κ3) is 3.47. The van der Waals surface area contributed by atoms with Crippen LogP contribution in [0.25, 0.3) is 0 Å². The van der Waals surface area contributed by atoms with Crippen LogP contribution in [0.15, 0.2) is 24.3 Å². The van der Waals surface area contributed by atoms with E-state index in [1.807, 2.05) is 25.1 Å². The van der Waals surface area contributed by atoms with Gasteiger partial charge in [0.05, 0.1) is 0 Å². The fourth-order valence-corrected chi connectivity index (χ4v) is 5.40. The van der Waals surface area contributed by atoms with Crippen LogP contribution in [0.4, 0.5) is 5.13 Å². The van der Waals surface area contributed by atoms with E-state index in [0.717, 1.165) is 23.0 Å². The summed E-state index contributed by atoms with van der Waals surface area (Å²) in [6.45, 7) is 4.33. The predicted molar refractivity (Wildman–Crippen MR) is 110 cm³/mol. The van der Waals surface area contributed by atoms with Crippen LogP contribution >= 0.6 is 11.3 Å². The summed E-state index contributed by atoms with van der Waals surface area (Å²) in [5, 5.41) is 12.1. The molecule has 5 rings (SSSR count). The number of aromatic nitrogens is 2. The lowest BCUT2D eigenvalue weighted by molar-refractivity contribution is 0.102. The summed E-state index contributed by atoms with van der Waals surface area (Å²) in [4.78, 5) is 15.3. The molecular weight excluding hydrogens is 370 g/mol. The van der Waals surface area contributed by atoms with Crippen LogP contribution in [0.3, 0.4) is 0 Å². The Labute approximate surface area is 169 Å². The molecule has 1 amide bonds. The summed E-state index contributed by atoms with van der Waals surface area (Å²) in [5.41, 5.74) is 8.25. The van der Waals surface area contributed by atoms with Crippen LogP contribution in [0, 0.1) is 18.8 Å². The van der Waals surface area contributed by atoms with E-state index in [1.54, 1.807) is 0 Å². The molecule has 1 saturated heterocycles. The normalized spacial score (nSPS) is 28.3. The Balaban J connectivity index is 1.25. The largest absolute Gasteiger partial charge is 0.321 e. The number of nitrogens with one attached hydrogen (secondary N) is 1. The van der Waals surface area contributed by atoms with E-state index >= 15 is 0 Å². The second-order valence-corrected chi connectivity index (χ2v) is 9.80. The summed E-state index contributed by atoms with van der Waals surface area (Å²) in [6, 6.07) is 8.68. The van der Waals surface area contributed by atoms with Crippen molar-refractivity contribution in [1.82, 2.24) is 15.1 Å². The zero-order valence-electron chi connectivity index (χ0n) is 16.2. The number of amides is 1. The molecule has 0 radical (unpaired) electrons. The van der Waals surface area contributed by atoms with Gasteiger partial charge in [0, 0.05) is 17.1 Å². The standard InChI is InChI=1S/C21H27N5OS/c1-13-24-25-20(28-13)23-19(27)15-3-2-4-16(11-15)21(22)12-18(21)14-7-9-26(10-8-14)17-5-6-17/h2-4,11,14,17-18H,5-10,12,22H2,1H3,(H,23,25,27)/t18-,21-/m0/s1. The number of nitrogens with two attached hydrogens (primary N) is 1. The Kier molecular flexibility index (Phi) is 4.49. The topological polar surface area (TPSA) is 84.1 Å². The molecule has 148 valence electrons. The Hall–Kier alpha value is -1.83. The number of carbonyl (C=O) groups excluding carboxylic acids is 1. The monoisotopic (exact) mass is 397 g/mol. The number of hydrogen-bond acceptors (Lipinski definition) is 6. The SMILES string of the molecule is Cc1nnc(NC(=O)c2cccc([C@@]3(N)C[C@H]3C3CCN(C4CC4)CC3)c2)s1. The second-order valence-electron chi connectivity index (χ2n) is 8.62. The summed E-state index contributed by atoms with van der Waals surface area (Å²) >= 11 is 1.38. The summed E-state index contributed by atoms with van der Waals surface area (Å²) in [7, 11) is 0. The third-order valence-electron chi connectivity index (χ3n) is 6.67. The van der Waals surface area contributed by atoms with E-state index in [2.05, 4.69) is 26.5 Å². The smallest absolute Gasteiger partial charge is 0.257 e. The van der Waals surface area contributed by atoms with E-state index in [4.69, 9.17) is 5.73 Å². The minimum atomic E-state index is -0.276. The number of rotatable bonds is 5. The maximum absolute atomic E-state index is 12.6. The maximum atomic E-state index is 12.6. The number of likely N-dealkylation sites (tertiary alicyclic amines) is 1. The number of aryl methyl sites for hydroxylation is 1. The van der Waals surface area contributed by atoms with Gasteiger partial charge in [0.1, 0.15) is 5.01 Å². The number of piperidine rings is 1. The number of anilines is 1. The molecule has 0 unspecified atom stereocenters. The molecule has 7 heteroatoms. The zero-order chi connectivity index (χ0) is 19.3. The molecule has 3 aliphatic rings. The highest BCUT2D eigenvalue weighted by Gasteiger charge is 2.56. The van der Waals surface area contributed by atoms with Crippen LogP contribution in [0.5, 0.6) is 0 Å². The van der Waals surface area contributed by atoms with Crippen molar-refractivity contribution in [3.05, 3.63) is 40.4 Å². The van der Waals surface area contributed by atoms with Gasteiger partial charge < -0.3 is 10.6 Å². The van der Waals surface area contributed by atoms with Crippen molar-refractivity contribution >= 4 is 22.4 Å². The minimum absolute atomic E-state index is 0.156. The lowest BCUT2D eigenvalue weighted by Gasteiger charge is -2.33. The molecule has 2 aliphatic carbocycles. The van der Waals surface area contributed by atoms with Gasteiger partial charge in [-0.1, -0.05) is 23.5 Å². The minimum Gasteiger partial charge on any atom is -0.321 e. The zero-order valence-corrected chi connectivity index (χ0v) is 17.0. The fraction of sp³-hybridized carbons (Fsp3) is 0.571. The van der Waals surface area contributed by atoms with Gasteiger partial charge in [-0.05, 0) is 81.6 Å². The molecular formula is C21H27N5OS. The molecule has 3 fully saturated rings. The first-order valence-electron chi connectivity index (χ1n) is 10.3. The van der Waals surface area contributed by atoms with E-state index < -0.39 is 0 Å². The van der Waals surface area contributed by atoms with Crippen LogP contribution < -0.4 is 11.1 Å². The van der Waals surface area contributed by atoms with E-state index in [-0.39, 0.29) is 11.4 Å². The summed E-state index contributed by atoms with van der Waals surface area (Å²) in [6.07, 6.45) is 6.33. The highest BCUT2D eigenvalue weighted by molar-refractivity contribution is 7.15. The van der Waals surface area contributed by atoms with Crippen molar-refractivity contribution < 1.29 is 4.79 Å². The molecule has 1 aromatic heterocycles. The van der Waals surface area contributed by atoms with Gasteiger partial charge in [-0.3, -0.25) is 10.1 Å². The van der Waals surface area contributed by atoms with Crippen molar-refractivity contribution in [1.29, 1.82) is 0 Å². The van der Waals surface area contributed by atoms with E-state index in [9.17, 15) is 4.79 Å². The summed E-state index contributed by atoms with van der Waals surface area (Å²) in [5.74, 6) is 1.09. The van der Waals surface area contributed by atoms with Gasteiger partial charge in [0.2, 0.25) is 5.13 Å². The van der Waals surface area contributed by atoms with Crippen molar-refractivity contribution in [3.63, 3.8) is 0 Å². The lowest BCUT2D eigenvalue weighted by atomic mass is 9.87. The van der Waals surface area contributed by atoms with Crippen LogP contribution in [-0.2, 0) is 5.54 Å². The lowest BCUT2D eigenvalue weighted by Crippen LogP contribution is -2.37. The molecule has 0 bridgehead atoms. The van der Waals surface area contributed by atoms with Gasteiger partial charge in [-0.25, -0.2) is 0 Å². The van der Waals surface area contributed by atoms with Gasteiger partial charge in [-0.15, -0.1) is 10.2 Å². The Morgan fingerprint density at radius 3 is 2.71 bits per heavy atom. The van der Waals surface area contributed by atoms with Crippen molar-refractivity contribution in [2.24, 2.45) is 17.6 Å². The average Bonchev–Trinajstić information content (AvgIpc) is 3.62. The highest BCUT2D eigenvalue weighted by atomic mass is 32.1. The Morgan fingerprint density at radius 2 is 2.04 bits per heavy atom. The van der Waals surface area contributed by atoms with Crippen LogP contribution in [-0.4, -0.2) is 40.1 Å². The molecule has 2 saturated carbocycles.